The van der Waals surface area contributed by atoms with Gasteiger partial charge in [-0.3, -0.25) is 4.79 Å². The molecule has 0 bridgehead atoms. The van der Waals surface area contributed by atoms with Crippen LogP contribution in [-0.4, -0.2) is 15.3 Å². The Morgan fingerprint density at radius 1 is 0.880 bits per heavy atom. The number of hydrogen-bond donors (Lipinski definition) is 2. The number of amides is 1. The van der Waals surface area contributed by atoms with Crippen LogP contribution in [-0.2, 0) is 0 Å². The van der Waals surface area contributed by atoms with Crippen molar-refractivity contribution >= 4 is 28.5 Å². The largest absolute Gasteiger partial charge is 0.356 e. The Bertz CT molecular complexity index is 1010. The van der Waals surface area contributed by atoms with E-state index in [4.69, 9.17) is 0 Å². The van der Waals surface area contributed by atoms with Crippen molar-refractivity contribution < 1.29 is 4.79 Å². The average molecular weight is 328 g/mol. The van der Waals surface area contributed by atoms with E-state index in [9.17, 15) is 4.79 Å². The Kier molecular flexibility index (Phi) is 3.88. The number of aromatic nitrogens is 2. The molecule has 0 aliphatic rings. The van der Waals surface area contributed by atoms with Gasteiger partial charge in [0.2, 0.25) is 0 Å². The van der Waals surface area contributed by atoms with Gasteiger partial charge in [-0.05, 0) is 48.5 Å². The number of fused-ring (bicyclic) bond motifs is 1. The summed E-state index contributed by atoms with van der Waals surface area (Å²) in [6.07, 6.45) is 5.25. The molecule has 0 saturated heterocycles. The first-order chi connectivity index (χ1) is 12.3. The number of benzene rings is 2. The quantitative estimate of drug-likeness (QED) is 0.586. The summed E-state index contributed by atoms with van der Waals surface area (Å²) >= 11 is 0. The molecule has 4 aromatic rings. The van der Waals surface area contributed by atoms with E-state index in [1.165, 1.54) is 0 Å². The Morgan fingerprint density at radius 2 is 1.60 bits per heavy atom. The number of carbonyl (C=O) groups excluding carboxylic acids is 1. The summed E-state index contributed by atoms with van der Waals surface area (Å²) in [7, 11) is 0. The number of anilines is 3. The van der Waals surface area contributed by atoms with E-state index in [2.05, 4.69) is 15.6 Å². The molecule has 2 N–H and O–H groups in total. The maximum absolute atomic E-state index is 12.4. The lowest BCUT2D eigenvalue weighted by atomic mass is 10.2. The van der Waals surface area contributed by atoms with Crippen LogP contribution in [0.15, 0.2) is 85.5 Å². The van der Waals surface area contributed by atoms with E-state index in [1.807, 2.05) is 71.3 Å². The molecule has 0 atom stereocenters. The minimum absolute atomic E-state index is 0.146. The number of hydrogen-bond acceptors (Lipinski definition) is 3. The van der Waals surface area contributed by atoms with Gasteiger partial charge in [0.05, 0.1) is 18.0 Å². The highest BCUT2D eigenvalue weighted by atomic mass is 16.1. The Labute approximate surface area is 145 Å². The number of nitrogens with one attached hydrogen (secondary N) is 2. The van der Waals surface area contributed by atoms with Crippen LogP contribution in [0.1, 0.15) is 10.4 Å². The third-order valence-corrected chi connectivity index (χ3v) is 3.88. The second kappa shape index (κ2) is 6.49. The fourth-order valence-electron chi connectivity index (χ4n) is 2.59. The monoisotopic (exact) mass is 328 g/mol. The van der Waals surface area contributed by atoms with Crippen LogP contribution in [0.2, 0.25) is 0 Å². The smallest absolute Gasteiger partial charge is 0.255 e. The number of rotatable bonds is 4. The summed E-state index contributed by atoms with van der Waals surface area (Å²) in [4.78, 5) is 16.5. The van der Waals surface area contributed by atoms with Crippen LogP contribution in [0.25, 0.3) is 5.52 Å². The van der Waals surface area contributed by atoms with Gasteiger partial charge >= 0.3 is 0 Å². The molecule has 0 spiro atoms. The molecule has 1 amide bonds. The first kappa shape index (κ1) is 15.0. The van der Waals surface area contributed by atoms with Gasteiger partial charge in [-0.15, -0.1) is 0 Å². The van der Waals surface area contributed by atoms with Crippen LogP contribution in [0, 0.1) is 0 Å². The van der Waals surface area contributed by atoms with Crippen LogP contribution in [0.3, 0.4) is 0 Å². The second-order valence-corrected chi connectivity index (χ2v) is 5.66. The summed E-state index contributed by atoms with van der Waals surface area (Å²) in [5.74, 6) is -0.146. The molecule has 0 saturated carbocycles. The van der Waals surface area contributed by atoms with Gasteiger partial charge in [-0.25, -0.2) is 4.98 Å². The van der Waals surface area contributed by atoms with Gasteiger partial charge in [0.1, 0.15) is 0 Å². The summed E-state index contributed by atoms with van der Waals surface area (Å²) in [6, 6.07) is 21.1. The van der Waals surface area contributed by atoms with Crippen molar-refractivity contribution in [1.29, 1.82) is 0 Å². The molecule has 25 heavy (non-hydrogen) atoms. The fourth-order valence-corrected chi connectivity index (χ4v) is 2.59. The number of imidazole rings is 1. The van der Waals surface area contributed by atoms with Crippen LogP contribution < -0.4 is 10.6 Å². The number of para-hydroxylation sites is 1. The Hall–Kier alpha value is -3.60. The zero-order valence-electron chi connectivity index (χ0n) is 13.4. The molecular weight excluding hydrogens is 312 g/mol. The van der Waals surface area contributed by atoms with Gasteiger partial charge < -0.3 is 15.0 Å². The zero-order valence-corrected chi connectivity index (χ0v) is 13.4. The number of nitrogens with zero attached hydrogens (tertiary/aromatic N) is 2. The summed E-state index contributed by atoms with van der Waals surface area (Å²) in [5, 5.41) is 6.22. The molecule has 0 radical (unpaired) electrons. The molecule has 5 nitrogen and oxygen atoms in total. The molecular formula is C20H16N4O. The minimum Gasteiger partial charge on any atom is -0.356 e. The highest BCUT2D eigenvalue weighted by molar-refractivity contribution is 6.04. The normalized spacial score (nSPS) is 10.6. The highest BCUT2D eigenvalue weighted by Crippen LogP contribution is 2.19. The highest BCUT2D eigenvalue weighted by Gasteiger charge is 2.07. The molecule has 2 heterocycles. The standard InChI is InChI=1S/C20H16N4O/c25-20(15-10-11-24-14-21-13-19(24)12-15)23-18-8-6-17(7-9-18)22-16-4-2-1-3-5-16/h1-14,22H,(H,23,25). The predicted octanol–water partition coefficient (Wildman–Crippen LogP) is 4.33. The Balaban J connectivity index is 1.46. The van der Waals surface area contributed by atoms with Crippen LogP contribution in [0.4, 0.5) is 17.1 Å². The van der Waals surface area contributed by atoms with Crippen molar-refractivity contribution in [1.82, 2.24) is 9.38 Å². The van der Waals surface area contributed by atoms with E-state index in [-0.39, 0.29) is 5.91 Å². The molecule has 122 valence electrons. The van der Waals surface area contributed by atoms with Crippen LogP contribution >= 0.6 is 0 Å². The van der Waals surface area contributed by atoms with Gasteiger partial charge in [-0.2, -0.15) is 0 Å². The van der Waals surface area contributed by atoms with Crippen molar-refractivity contribution in [3.63, 3.8) is 0 Å². The van der Waals surface area contributed by atoms with Crippen molar-refractivity contribution in [3.05, 3.63) is 91.0 Å². The van der Waals surface area contributed by atoms with Crippen molar-refractivity contribution in [3.8, 4) is 0 Å². The van der Waals surface area contributed by atoms with Gasteiger partial charge in [-0.1, -0.05) is 18.2 Å². The van der Waals surface area contributed by atoms with Crippen molar-refractivity contribution in [2.24, 2.45) is 0 Å². The molecule has 0 aliphatic carbocycles. The lowest BCUT2D eigenvalue weighted by molar-refractivity contribution is 0.102. The molecule has 0 unspecified atom stereocenters. The number of carbonyl (C=O) groups is 1. The lowest BCUT2D eigenvalue weighted by Crippen LogP contribution is -2.12. The molecule has 5 heteroatoms. The van der Waals surface area contributed by atoms with E-state index in [0.717, 1.165) is 22.6 Å². The topological polar surface area (TPSA) is 58.4 Å². The maximum Gasteiger partial charge on any atom is 0.255 e. The first-order valence-corrected chi connectivity index (χ1v) is 7.93. The zero-order chi connectivity index (χ0) is 17.1. The fraction of sp³-hybridized carbons (Fsp3) is 0. The second-order valence-electron chi connectivity index (χ2n) is 5.66. The SMILES string of the molecule is O=C(Nc1ccc(Nc2ccccc2)cc1)c1ccn2cncc2c1. The van der Waals surface area contributed by atoms with Gasteiger partial charge in [0, 0.05) is 28.8 Å². The predicted molar refractivity (Wildman–Crippen MR) is 99.3 cm³/mol. The minimum atomic E-state index is -0.146. The molecule has 4 rings (SSSR count). The maximum atomic E-state index is 12.4. The van der Waals surface area contributed by atoms with Crippen molar-refractivity contribution in [2.45, 2.75) is 0 Å². The molecule has 2 aromatic carbocycles. The summed E-state index contributed by atoms with van der Waals surface area (Å²) in [6.45, 7) is 0. The lowest BCUT2D eigenvalue weighted by Gasteiger charge is -2.09. The van der Waals surface area contributed by atoms with E-state index in [0.29, 0.717) is 5.56 Å². The third-order valence-electron chi connectivity index (χ3n) is 3.88. The average Bonchev–Trinajstić information content (AvgIpc) is 3.12. The van der Waals surface area contributed by atoms with E-state index in [1.54, 1.807) is 18.6 Å². The van der Waals surface area contributed by atoms with E-state index < -0.39 is 0 Å². The van der Waals surface area contributed by atoms with Crippen LogP contribution in [0.5, 0.6) is 0 Å². The summed E-state index contributed by atoms with van der Waals surface area (Å²) in [5.41, 5.74) is 4.21. The molecule has 2 aromatic heterocycles. The third kappa shape index (κ3) is 3.35. The summed E-state index contributed by atoms with van der Waals surface area (Å²) < 4.78 is 1.86. The Morgan fingerprint density at radius 3 is 2.40 bits per heavy atom. The van der Waals surface area contributed by atoms with Gasteiger partial charge in [0.25, 0.3) is 5.91 Å². The van der Waals surface area contributed by atoms with Crippen molar-refractivity contribution in [2.75, 3.05) is 10.6 Å². The molecule has 0 fully saturated rings. The van der Waals surface area contributed by atoms with Gasteiger partial charge in [0.15, 0.2) is 0 Å². The first-order valence-electron chi connectivity index (χ1n) is 7.93. The van der Waals surface area contributed by atoms with E-state index >= 15 is 0 Å². The number of pyridine rings is 1. The molecule has 0 aliphatic heterocycles.